The van der Waals surface area contributed by atoms with Crippen molar-refractivity contribution in [3.8, 4) is 0 Å². The first-order valence-corrected chi connectivity index (χ1v) is 8.77. The third-order valence-electron chi connectivity index (χ3n) is 1.26. The second-order valence-corrected chi connectivity index (χ2v) is 9.13. The summed E-state index contributed by atoms with van der Waals surface area (Å²) in [5, 5.41) is -1.85. The summed E-state index contributed by atoms with van der Waals surface area (Å²) in [4.78, 5) is 34.7. The Kier molecular flexibility index (Phi) is 4.67. The van der Waals surface area contributed by atoms with E-state index in [1.54, 1.807) is 12.5 Å². The van der Waals surface area contributed by atoms with Crippen LogP contribution in [0.2, 0.25) is 0 Å². The van der Waals surface area contributed by atoms with Crippen molar-refractivity contribution < 1.29 is 28.7 Å². The van der Waals surface area contributed by atoms with Crippen LogP contribution in [0.15, 0.2) is 0 Å². The van der Waals surface area contributed by atoms with Gasteiger partial charge in [0.1, 0.15) is 5.75 Å². The summed E-state index contributed by atoms with van der Waals surface area (Å²) >= 11 is 0. The quantitative estimate of drug-likeness (QED) is 0.397. The molecule has 0 amide bonds. The molecule has 0 aliphatic carbocycles. The molecule has 0 radical (unpaired) electrons. The summed E-state index contributed by atoms with van der Waals surface area (Å²) in [6, 6.07) is 0. The fraction of sp³-hybridized carbons (Fsp3) is 1.00. The maximum absolute atomic E-state index is 10.7. The predicted molar refractivity (Wildman–Crippen MR) is 52.0 cm³/mol. The van der Waals surface area contributed by atoms with Gasteiger partial charge < -0.3 is 19.6 Å². The fourth-order valence-corrected chi connectivity index (χ4v) is 6.19. The Morgan fingerprint density at radius 2 is 1.38 bits per heavy atom. The van der Waals surface area contributed by atoms with E-state index in [4.69, 9.17) is 19.6 Å². The molecule has 0 bridgehead atoms. The maximum Gasteiger partial charge on any atom is 0.345 e. The van der Waals surface area contributed by atoms with E-state index in [2.05, 4.69) is 0 Å². The molecule has 0 aromatic heterocycles. The van der Waals surface area contributed by atoms with Gasteiger partial charge in [0.05, 0.1) is 12.5 Å². The van der Waals surface area contributed by atoms with Gasteiger partial charge in [-0.3, -0.25) is 9.13 Å². The topological polar surface area (TPSA) is 115 Å². The second kappa shape index (κ2) is 4.45. The van der Waals surface area contributed by atoms with Crippen LogP contribution in [0.5, 0.6) is 0 Å². The van der Waals surface area contributed by atoms with Gasteiger partial charge in [-0.05, 0) is 10.9 Å². The van der Waals surface area contributed by atoms with Gasteiger partial charge in [0, 0.05) is 0 Å². The highest BCUT2D eigenvalue weighted by atomic mass is 32.2. The predicted octanol–water partition coefficient (Wildman–Crippen LogP) is -0.454. The molecule has 0 saturated heterocycles. The Morgan fingerprint density at radius 3 is 1.46 bits per heavy atom. The first-order valence-electron chi connectivity index (χ1n) is 3.19. The van der Waals surface area contributed by atoms with E-state index in [1.165, 1.54) is 0 Å². The van der Waals surface area contributed by atoms with Crippen LogP contribution in [0.1, 0.15) is 0 Å². The summed E-state index contributed by atoms with van der Waals surface area (Å²) in [5.74, 6) is -0.158. The van der Waals surface area contributed by atoms with Crippen LogP contribution in [0.3, 0.4) is 0 Å². The van der Waals surface area contributed by atoms with Gasteiger partial charge in [-0.25, -0.2) is 0 Å². The molecule has 80 valence electrons. The standard InChI is InChI=1S/C4H12O6P2S/c1-13(2)3-4(11(5,6)7)12(8,9)10/h4H,3H2,1-2H3,(H3-,5,6,7,8,9,10)/p+1. The van der Waals surface area contributed by atoms with Gasteiger partial charge in [0.2, 0.25) is 5.40 Å². The zero-order valence-electron chi connectivity index (χ0n) is 7.19. The first kappa shape index (κ1) is 13.7. The Balaban J connectivity index is 4.80. The van der Waals surface area contributed by atoms with Gasteiger partial charge >= 0.3 is 15.2 Å². The number of hydrogen-bond donors (Lipinski definition) is 4. The third-order valence-corrected chi connectivity index (χ3v) is 6.48. The average Bonchev–Trinajstić information content (AvgIpc) is 1.77. The molecule has 0 spiro atoms. The van der Waals surface area contributed by atoms with Crippen LogP contribution in [-0.4, -0.2) is 43.2 Å². The molecule has 0 heterocycles. The van der Waals surface area contributed by atoms with E-state index < -0.39 is 31.5 Å². The van der Waals surface area contributed by atoms with Crippen molar-refractivity contribution in [2.75, 3.05) is 18.3 Å². The lowest BCUT2D eigenvalue weighted by Crippen LogP contribution is -2.20. The monoisotopic (exact) mass is 251 g/mol. The molecule has 0 unspecified atom stereocenters. The lowest BCUT2D eigenvalue weighted by atomic mass is 10.9. The molecule has 0 aliphatic rings. The van der Waals surface area contributed by atoms with E-state index in [-0.39, 0.29) is 5.75 Å². The zero-order valence-corrected chi connectivity index (χ0v) is 9.80. The molecule has 9 heteroatoms. The van der Waals surface area contributed by atoms with Crippen LogP contribution in [-0.2, 0) is 20.0 Å². The minimum Gasteiger partial charge on any atom is -0.324 e. The van der Waals surface area contributed by atoms with Crippen molar-refractivity contribution in [2.45, 2.75) is 5.40 Å². The van der Waals surface area contributed by atoms with Crippen LogP contribution in [0.25, 0.3) is 0 Å². The van der Waals surface area contributed by atoms with Crippen LogP contribution in [0, 0.1) is 0 Å². The van der Waals surface area contributed by atoms with Crippen molar-refractivity contribution in [3.63, 3.8) is 0 Å². The SMILES string of the molecule is C[S+](C)CC(P(=O)(O)O)P(=O)(O)O. The maximum atomic E-state index is 10.7. The smallest absolute Gasteiger partial charge is 0.324 e. The Hall–Kier alpha value is 0.650. The van der Waals surface area contributed by atoms with Crippen molar-refractivity contribution in [3.05, 3.63) is 0 Å². The summed E-state index contributed by atoms with van der Waals surface area (Å²) in [6.45, 7) is 0. The van der Waals surface area contributed by atoms with Crippen LogP contribution < -0.4 is 0 Å². The summed E-state index contributed by atoms with van der Waals surface area (Å²) < 4.78 is 21.4. The molecule has 0 saturated carbocycles. The van der Waals surface area contributed by atoms with Gasteiger partial charge in [-0.1, -0.05) is 0 Å². The van der Waals surface area contributed by atoms with E-state index in [0.29, 0.717) is 0 Å². The Morgan fingerprint density at radius 1 is 1.08 bits per heavy atom. The molecule has 0 fully saturated rings. The van der Waals surface area contributed by atoms with Crippen LogP contribution >= 0.6 is 15.2 Å². The van der Waals surface area contributed by atoms with Gasteiger partial charge in [0.15, 0.2) is 0 Å². The van der Waals surface area contributed by atoms with Crippen molar-refractivity contribution in [2.24, 2.45) is 0 Å². The van der Waals surface area contributed by atoms with Crippen molar-refractivity contribution in [1.29, 1.82) is 0 Å². The minimum atomic E-state index is -4.71. The molecular weight excluding hydrogens is 238 g/mol. The second-order valence-electron chi connectivity index (χ2n) is 2.81. The molecule has 13 heavy (non-hydrogen) atoms. The highest BCUT2D eigenvalue weighted by Gasteiger charge is 2.46. The summed E-state index contributed by atoms with van der Waals surface area (Å²) in [6.07, 6.45) is 3.33. The number of hydrogen-bond acceptors (Lipinski definition) is 2. The van der Waals surface area contributed by atoms with E-state index >= 15 is 0 Å². The normalized spacial score (nSPS) is 14.2. The summed E-state index contributed by atoms with van der Waals surface area (Å²) in [5.41, 5.74) is 0. The lowest BCUT2D eigenvalue weighted by molar-refractivity contribution is 0.343. The van der Waals surface area contributed by atoms with Gasteiger partial charge in [-0.2, -0.15) is 0 Å². The van der Waals surface area contributed by atoms with Gasteiger partial charge in [0.25, 0.3) is 0 Å². The highest BCUT2D eigenvalue weighted by Crippen LogP contribution is 2.60. The Labute approximate surface area is 79.0 Å². The fourth-order valence-electron chi connectivity index (χ4n) is 0.688. The first-order chi connectivity index (χ1) is 5.55. The number of rotatable bonds is 4. The molecular formula is C4H13O6P2S+. The molecule has 0 rings (SSSR count). The van der Waals surface area contributed by atoms with Gasteiger partial charge in [-0.15, -0.1) is 0 Å². The van der Waals surface area contributed by atoms with E-state index in [9.17, 15) is 9.13 Å². The zero-order chi connectivity index (χ0) is 10.9. The van der Waals surface area contributed by atoms with Crippen LogP contribution in [0.4, 0.5) is 0 Å². The summed E-state index contributed by atoms with van der Waals surface area (Å²) in [7, 11) is -9.84. The molecule has 0 aliphatic heterocycles. The molecule has 4 N–H and O–H groups in total. The Bertz CT molecular complexity index is 231. The minimum absolute atomic E-state index is 0.158. The largest absolute Gasteiger partial charge is 0.345 e. The molecule has 6 nitrogen and oxygen atoms in total. The molecule has 0 aromatic carbocycles. The van der Waals surface area contributed by atoms with Crippen molar-refractivity contribution >= 4 is 26.1 Å². The molecule has 0 atom stereocenters. The molecule has 0 aromatic rings. The van der Waals surface area contributed by atoms with Crippen molar-refractivity contribution in [1.82, 2.24) is 0 Å². The average molecular weight is 251 g/mol. The van der Waals surface area contributed by atoms with E-state index in [0.717, 1.165) is 0 Å². The van der Waals surface area contributed by atoms with E-state index in [1.807, 2.05) is 0 Å². The lowest BCUT2D eigenvalue weighted by Gasteiger charge is -2.17. The highest BCUT2D eigenvalue weighted by molar-refractivity contribution is 7.96. The third kappa shape index (κ3) is 5.18.